The first kappa shape index (κ1) is 21.4. The minimum absolute atomic E-state index is 0.140. The summed E-state index contributed by atoms with van der Waals surface area (Å²) in [5.41, 5.74) is 4.39. The Bertz CT molecular complexity index is 1740. The fraction of sp³-hybridized carbons (Fsp3) is 0.360. The van der Waals surface area contributed by atoms with Gasteiger partial charge in [-0.2, -0.15) is 4.31 Å². The molecular formula is C25H26N4O4S. The molecule has 0 bridgehead atoms. The van der Waals surface area contributed by atoms with Gasteiger partial charge in [0.15, 0.2) is 0 Å². The van der Waals surface area contributed by atoms with Crippen LogP contribution in [0, 0.1) is 6.92 Å². The number of hydrogen-bond acceptors (Lipinski definition) is 4. The van der Waals surface area contributed by atoms with Gasteiger partial charge in [0.25, 0.3) is 0 Å². The molecule has 0 amide bonds. The fourth-order valence-corrected chi connectivity index (χ4v) is 7.46. The number of aryl methyl sites for hydroxylation is 4. The van der Waals surface area contributed by atoms with Crippen LogP contribution in [0.1, 0.15) is 35.7 Å². The van der Waals surface area contributed by atoms with Gasteiger partial charge in [0.1, 0.15) is 0 Å². The van der Waals surface area contributed by atoms with Crippen LogP contribution < -0.4 is 11.1 Å². The second-order valence-electron chi connectivity index (χ2n) is 9.44. The summed E-state index contributed by atoms with van der Waals surface area (Å²) in [5.74, 6) is 0. The van der Waals surface area contributed by atoms with Crippen LogP contribution >= 0.6 is 0 Å². The monoisotopic (exact) mass is 478 g/mol. The first-order chi connectivity index (χ1) is 16.2. The zero-order valence-corrected chi connectivity index (χ0v) is 20.2. The van der Waals surface area contributed by atoms with E-state index < -0.39 is 21.1 Å². The highest BCUT2D eigenvalue weighted by atomic mass is 32.2. The van der Waals surface area contributed by atoms with Crippen LogP contribution in [0.4, 0.5) is 0 Å². The van der Waals surface area contributed by atoms with Gasteiger partial charge in [-0.3, -0.25) is 9.59 Å². The number of rotatable bonds is 2. The normalized spacial score (nSPS) is 18.5. The van der Waals surface area contributed by atoms with Crippen LogP contribution in [0.15, 0.2) is 50.9 Å². The average molecular weight is 479 g/mol. The smallest absolute Gasteiger partial charge is 0.316 e. The molecule has 6 rings (SSSR count). The summed E-state index contributed by atoms with van der Waals surface area (Å²) in [6.45, 7) is 3.08. The molecule has 2 aliphatic rings. The summed E-state index contributed by atoms with van der Waals surface area (Å²) in [6, 6.07) is 10.9. The lowest BCUT2D eigenvalue weighted by Crippen LogP contribution is -2.43. The quantitative estimate of drug-likeness (QED) is 0.415. The minimum atomic E-state index is -3.82. The van der Waals surface area contributed by atoms with Crippen molar-refractivity contribution in [3.05, 3.63) is 73.9 Å². The first-order valence-electron chi connectivity index (χ1n) is 11.5. The minimum Gasteiger partial charge on any atom is -0.341 e. The van der Waals surface area contributed by atoms with E-state index in [0.29, 0.717) is 24.1 Å². The van der Waals surface area contributed by atoms with Gasteiger partial charge in [-0.1, -0.05) is 11.6 Å². The van der Waals surface area contributed by atoms with Crippen molar-refractivity contribution in [3.8, 4) is 0 Å². The number of hydrogen-bond donors (Lipinski definition) is 0. The molecule has 0 N–H and O–H groups in total. The second kappa shape index (κ2) is 7.16. The lowest BCUT2D eigenvalue weighted by Gasteiger charge is -2.39. The maximum absolute atomic E-state index is 13.9. The molecule has 3 heterocycles. The first-order valence-corrected chi connectivity index (χ1v) is 13.0. The molecule has 0 saturated carbocycles. The molecule has 34 heavy (non-hydrogen) atoms. The molecule has 2 aromatic heterocycles. The van der Waals surface area contributed by atoms with Gasteiger partial charge in [-0.15, -0.1) is 0 Å². The highest BCUT2D eigenvalue weighted by Gasteiger charge is 2.41. The topological polar surface area (TPSA) is 86.3 Å². The number of sulfonamides is 1. The lowest BCUT2D eigenvalue weighted by molar-refractivity contribution is 0.243. The fourth-order valence-electron chi connectivity index (χ4n) is 5.83. The molecule has 9 heteroatoms. The Morgan fingerprint density at radius 2 is 1.59 bits per heavy atom. The van der Waals surface area contributed by atoms with Crippen LogP contribution in [0.25, 0.3) is 21.9 Å². The Morgan fingerprint density at radius 1 is 0.882 bits per heavy atom. The molecule has 0 fully saturated rings. The van der Waals surface area contributed by atoms with Gasteiger partial charge in [0.05, 0.1) is 22.0 Å². The van der Waals surface area contributed by atoms with Crippen molar-refractivity contribution in [1.29, 1.82) is 0 Å². The summed E-state index contributed by atoms with van der Waals surface area (Å²) in [6.07, 6.45) is 2.67. The van der Waals surface area contributed by atoms with Crippen LogP contribution in [0.3, 0.4) is 0 Å². The third-order valence-corrected chi connectivity index (χ3v) is 9.45. The molecule has 0 radical (unpaired) electrons. The Hall–Kier alpha value is -3.17. The summed E-state index contributed by atoms with van der Waals surface area (Å²) in [5, 5.41) is 1.24. The van der Waals surface area contributed by atoms with E-state index in [2.05, 4.69) is 29.7 Å². The van der Waals surface area contributed by atoms with Gasteiger partial charge in [0, 0.05) is 43.8 Å². The van der Waals surface area contributed by atoms with E-state index in [-0.39, 0.29) is 10.9 Å². The Morgan fingerprint density at radius 3 is 2.35 bits per heavy atom. The van der Waals surface area contributed by atoms with Crippen molar-refractivity contribution in [2.45, 2.75) is 43.7 Å². The van der Waals surface area contributed by atoms with E-state index in [0.717, 1.165) is 25.0 Å². The average Bonchev–Trinajstić information content (AvgIpc) is 3.15. The van der Waals surface area contributed by atoms with E-state index in [1.807, 2.05) is 0 Å². The molecule has 4 aromatic rings. The van der Waals surface area contributed by atoms with Crippen LogP contribution in [-0.2, 0) is 37.1 Å². The molecule has 0 unspecified atom stereocenters. The predicted octanol–water partition coefficient (Wildman–Crippen LogP) is 2.58. The molecule has 8 nitrogen and oxygen atoms in total. The third-order valence-electron chi connectivity index (χ3n) is 7.55. The number of fused-ring (bicyclic) bond motifs is 4. The molecule has 1 atom stereocenters. The highest BCUT2D eigenvalue weighted by Crippen LogP contribution is 2.44. The van der Waals surface area contributed by atoms with Crippen molar-refractivity contribution in [1.82, 2.24) is 18.0 Å². The number of benzene rings is 2. The van der Waals surface area contributed by atoms with E-state index in [1.165, 1.54) is 51.3 Å². The van der Waals surface area contributed by atoms with Crippen molar-refractivity contribution in [2.24, 2.45) is 14.1 Å². The van der Waals surface area contributed by atoms with Crippen molar-refractivity contribution < 1.29 is 8.42 Å². The lowest BCUT2D eigenvalue weighted by atomic mass is 9.90. The molecule has 1 aliphatic carbocycles. The van der Waals surface area contributed by atoms with E-state index >= 15 is 0 Å². The van der Waals surface area contributed by atoms with Crippen LogP contribution in [0.2, 0.25) is 0 Å². The SMILES string of the molecule is Cc1ccc2c(c1)c1c3n2CCN(S(=O)(=O)c2ccc4c(c2)n(C)c(=O)c(=O)n4C)[C@H]3CCC1. The predicted molar refractivity (Wildman–Crippen MR) is 131 cm³/mol. The van der Waals surface area contributed by atoms with E-state index in [9.17, 15) is 18.0 Å². The standard InChI is InChI=1S/C25H26N4O4S/c1-15-7-9-19-18(13-15)17-5-4-6-21-23(17)28(19)11-12-29(21)34(32,33)16-8-10-20-22(14-16)27(3)25(31)24(30)26(20)2/h7-10,13-14,21H,4-6,11-12H2,1-3H3/t21-/m0/s1. The van der Waals surface area contributed by atoms with Gasteiger partial charge in [0.2, 0.25) is 10.0 Å². The Kier molecular flexibility index (Phi) is 4.50. The van der Waals surface area contributed by atoms with Gasteiger partial charge in [-0.25, -0.2) is 8.42 Å². The number of aromatic nitrogens is 3. The summed E-state index contributed by atoms with van der Waals surface area (Å²) in [7, 11) is -0.801. The number of nitrogens with zero attached hydrogens (tertiary/aromatic N) is 4. The molecule has 176 valence electrons. The largest absolute Gasteiger partial charge is 0.341 e. The van der Waals surface area contributed by atoms with Gasteiger partial charge in [-0.05, 0) is 62.1 Å². The third kappa shape index (κ3) is 2.77. The summed E-state index contributed by atoms with van der Waals surface area (Å²) < 4.78 is 34.3. The zero-order chi connectivity index (χ0) is 23.9. The molecule has 2 aromatic carbocycles. The molecular weight excluding hydrogens is 452 g/mol. The van der Waals surface area contributed by atoms with E-state index in [1.54, 1.807) is 16.4 Å². The van der Waals surface area contributed by atoms with Crippen molar-refractivity contribution >= 4 is 32.0 Å². The summed E-state index contributed by atoms with van der Waals surface area (Å²) in [4.78, 5) is 24.6. The Balaban J connectivity index is 1.51. The van der Waals surface area contributed by atoms with Crippen molar-refractivity contribution in [3.63, 3.8) is 0 Å². The Labute approximate surface area is 196 Å². The van der Waals surface area contributed by atoms with E-state index in [4.69, 9.17) is 0 Å². The molecule has 0 spiro atoms. The maximum Gasteiger partial charge on any atom is 0.316 e. The van der Waals surface area contributed by atoms with Crippen molar-refractivity contribution in [2.75, 3.05) is 6.54 Å². The van der Waals surface area contributed by atoms with Crippen LogP contribution in [-0.4, -0.2) is 33.0 Å². The van der Waals surface area contributed by atoms with Gasteiger partial charge >= 0.3 is 11.1 Å². The zero-order valence-electron chi connectivity index (χ0n) is 19.4. The molecule has 0 saturated heterocycles. The maximum atomic E-state index is 13.9. The van der Waals surface area contributed by atoms with Crippen LogP contribution in [0.5, 0.6) is 0 Å². The highest BCUT2D eigenvalue weighted by molar-refractivity contribution is 7.89. The summed E-state index contributed by atoms with van der Waals surface area (Å²) >= 11 is 0. The second-order valence-corrected chi connectivity index (χ2v) is 11.3. The molecule has 1 aliphatic heterocycles. The van der Waals surface area contributed by atoms with Gasteiger partial charge < -0.3 is 13.7 Å².